The minimum Gasteiger partial charge on any atom is -0.385 e. The van der Waals surface area contributed by atoms with Gasteiger partial charge in [-0.3, -0.25) is 9.78 Å². The van der Waals surface area contributed by atoms with Gasteiger partial charge in [-0.1, -0.05) is 16.8 Å². The van der Waals surface area contributed by atoms with Crippen molar-refractivity contribution in [2.75, 3.05) is 17.2 Å². The molecule has 0 spiro atoms. The molecule has 1 amide bonds. The molecule has 0 unspecified atom stereocenters. The molecule has 126 valence electrons. The number of carbonyl (C=O) groups is 1. The van der Waals surface area contributed by atoms with Gasteiger partial charge in [0.2, 0.25) is 0 Å². The van der Waals surface area contributed by atoms with Crippen LogP contribution in [0.1, 0.15) is 48.4 Å². The summed E-state index contributed by atoms with van der Waals surface area (Å²) in [6.07, 6.45) is 10.1. The molecule has 0 fully saturated rings. The fraction of sp³-hybridized carbons (Fsp3) is 0.389. The number of nitrogens with zero attached hydrogens (tertiary/aromatic N) is 2. The summed E-state index contributed by atoms with van der Waals surface area (Å²) in [4.78, 5) is 16.3. The quantitative estimate of drug-likeness (QED) is 0.786. The highest BCUT2D eigenvalue weighted by molar-refractivity contribution is 6.02. The van der Waals surface area contributed by atoms with Gasteiger partial charge in [-0.25, -0.2) is 0 Å². The van der Waals surface area contributed by atoms with Crippen LogP contribution in [0, 0.1) is 6.92 Å². The lowest BCUT2D eigenvalue weighted by Gasteiger charge is -2.13. The van der Waals surface area contributed by atoms with Crippen LogP contribution in [-0.2, 0) is 0 Å². The van der Waals surface area contributed by atoms with Crippen molar-refractivity contribution in [3.8, 4) is 0 Å². The number of aromatic nitrogens is 2. The van der Waals surface area contributed by atoms with E-state index in [1.165, 1.54) is 31.3 Å². The first-order valence-electron chi connectivity index (χ1n) is 8.33. The van der Waals surface area contributed by atoms with Gasteiger partial charge in [0.25, 0.3) is 5.91 Å². The van der Waals surface area contributed by atoms with Crippen molar-refractivity contribution >= 4 is 17.4 Å². The van der Waals surface area contributed by atoms with Crippen LogP contribution < -0.4 is 10.6 Å². The van der Waals surface area contributed by atoms with Gasteiger partial charge in [-0.05, 0) is 51.2 Å². The zero-order chi connectivity index (χ0) is 16.8. The van der Waals surface area contributed by atoms with E-state index in [0.717, 1.165) is 18.7 Å². The van der Waals surface area contributed by atoms with Crippen LogP contribution >= 0.6 is 0 Å². The summed E-state index contributed by atoms with van der Waals surface area (Å²) < 4.78 is 4.93. The van der Waals surface area contributed by atoms with Crippen LogP contribution in [0.3, 0.4) is 0 Å². The van der Waals surface area contributed by atoms with Crippen molar-refractivity contribution in [1.29, 1.82) is 0 Å². The molecule has 0 atom stereocenters. The van der Waals surface area contributed by atoms with E-state index >= 15 is 0 Å². The van der Waals surface area contributed by atoms with Crippen LogP contribution in [0.5, 0.6) is 0 Å². The van der Waals surface area contributed by atoms with Crippen LogP contribution in [-0.4, -0.2) is 22.6 Å². The Labute approximate surface area is 141 Å². The maximum Gasteiger partial charge on any atom is 0.275 e. The lowest BCUT2D eigenvalue weighted by Crippen LogP contribution is -2.14. The summed E-state index contributed by atoms with van der Waals surface area (Å²) in [6, 6.07) is 5.28. The molecule has 3 rings (SSSR count). The highest BCUT2D eigenvalue weighted by Gasteiger charge is 2.11. The maximum absolute atomic E-state index is 12.2. The van der Waals surface area contributed by atoms with Gasteiger partial charge in [0.1, 0.15) is 11.5 Å². The second-order valence-corrected chi connectivity index (χ2v) is 5.99. The Bertz CT molecular complexity index is 736. The van der Waals surface area contributed by atoms with E-state index in [-0.39, 0.29) is 5.91 Å². The van der Waals surface area contributed by atoms with Crippen molar-refractivity contribution in [2.45, 2.75) is 39.0 Å². The average molecular weight is 326 g/mol. The second-order valence-electron chi connectivity index (χ2n) is 5.99. The molecule has 2 aromatic heterocycles. The Kier molecular flexibility index (Phi) is 5.25. The van der Waals surface area contributed by atoms with E-state index < -0.39 is 0 Å². The van der Waals surface area contributed by atoms with Gasteiger partial charge >= 0.3 is 0 Å². The molecule has 24 heavy (non-hydrogen) atoms. The van der Waals surface area contributed by atoms with Crippen LogP contribution in [0.4, 0.5) is 11.5 Å². The van der Waals surface area contributed by atoms with Crippen molar-refractivity contribution < 1.29 is 9.32 Å². The predicted octanol–water partition coefficient (Wildman–Crippen LogP) is 3.93. The van der Waals surface area contributed by atoms with Crippen molar-refractivity contribution in [3.05, 3.63) is 47.5 Å². The highest BCUT2D eigenvalue weighted by atomic mass is 16.5. The van der Waals surface area contributed by atoms with E-state index in [0.29, 0.717) is 17.3 Å². The van der Waals surface area contributed by atoms with Crippen molar-refractivity contribution in [1.82, 2.24) is 10.1 Å². The number of hydrogen-bond donors (Lipinski definition) is 2. The van der Waals surface area contributed by atoms with E-state index in [1.54, 1.807) is 25.3 Å². The molecule has 6 nitrogen and oxygen atoms in total. The summed E-state index contributed by atoms with van der Waals surface area (Å²) in [5, 5.41) is 9.78. The largest absolute Gasteiger partial charge is 0.385 e. The van der Waals surface area contributed by atoms with E-state index in [2.05, 4.69) is 26.9 Å². The van der Waals surface area contributed by atoms with E-state index in [1.807, 2.05) is 6.07 Å². The first-order chi connectivity index (χ1) is 11.7. The fourth-order valence-electron chi connectivity index (χ4n) is 2.77. The molecule has 0 aliphatic heterocycles. The Morgan fingerprint density at radius 3 is 3.00 bits per heavy atom. The van der Waals surface area contributed by atoms with Gasteiger partial charge in [0.15, 0.2) is 5.82 Å². The lowest BCUT2D eigenvalue weighted by atomic mass is 9.97. The first-order valence-corrected chi connectivity index (χ1v) is 8.33. The monoisotopic (exact) mass is 326 g/mol. The van der Waals surface area contributed by atoms with Gasteiger partial charge in [0, 0.05) is 24.5 Å². The topological polar surface area (TPSA) is 80.0 Å². The summed E-state index contributed by atoms with van der Waals surface area (Å²) in [6.45, 7) is 2.63. The Balaban J connectivity index is 1.55. The third-order valence-electron chi connectivity index (χ3n) is 4.02. The summed E-state index contributed by atoms with van der Waals surface area (Å²) in [7, 11) is 0. The molecular formula is C18H22N4O2. The fourth-order valence-corrected chi connectivity index (χ4v) is 2.77. The Morgan fingerprint density at radius 1 is 1.33 bits per heavy atom. The summed E-state index contributed by atoms with van der Waals surface area (Å²) in [5.41, 5.74) is 2.77. The number of rotatable bonds is 6. The third-order valence-corrected chi connectivity index (χ3v) is 4.02. The number of carbonyl (C=O) groups excluding carboxylic acids is 1. The maximum atomic E-state index is 12.2. The first kappa shape index (κ1) is 16.2. The zero-order valence-corrected chi connectivity index (χ0v) is 13.8. The molecule has 0 aromatic carbocycles. The van der Waals surface area contributed by atoms with Gasteiger partial charge in [-0.15, -0.1) is 0 Å². The Morgan fingerprint density at radius 2 is 2.25 bits per heavy atom. The molecule has 6 heteroatoms. The number of anilines is 2. The average Bonchev–Trinajstić information content (AvgIpc) is 3.01. The zero-order valence-electron chi connectivity index (χ0n) is 13.8. The van der Waals surface area contributed by atoms with Crippen LogP contribution in [0.2, 0.25) is 0 Å². The van der Waals surface area contributed by atoms with Gasteiger partial charge in [-0.2, -0.15) is 0 Å². The number of amides is 1. The van der Waals surface area contributed by atoms with Crippen LogP contribution in [0.25, 0.3) is 0 Å². The van der Waals surface area contributed by atoms with E-state index in [4.69, 9.17) is 4.52 Å². The third kappa shape index (κ3) is 4.44. The second kappa shape index (κ2) is 7.77. The predicted molar refractivity (Wildman–Crippen MR) is 93.1 cm³/mol. The molecule has 2 N–H and O–H groups in total. The highest BCUT2D eigenvalue weighted by Crippen LogP contribution is 2.20. The molecule has 2 aromatic rings. The standard InChI is InChI=1S/C18H22N4O2/c1-13-11-17(22-24-13)21-18(23)16-12-15(8-10-20-16)19-9-7-14-5-3-2-4-6-14/h5,8,10-12H,2-4,6-7,9H2,1H3,(H,19,20)(H,21,22,23). The molecule has 2 heterocycles. The van der Waals surface area contributed by atoms with Gasteiger partial charge < -0.3 is 15.2 Å². The number of nitrogens with one attached hydrogen (secondary N) is 2. The number of aryl methyl sites for hydroxylation is 1. The number of hydrogen-bond acceptors (Lipinski definition) is 5. The smallest absolute Gasteiger partial charge is 0.275 e. The van der Waals surface area contributed by atoms with E-state index in [9.17, 15) is 4.79 Å². The van der Waals surface area contributed by atoms with Crippen molar-refractivity contribution in [2.24, 2.45) is 0 Å². The SMILES string of the molecule is Cc1cc(NC(=O)c2cc(NCCC3=CCCCC3)ccn2)no1. The summed E-state index contributed by atoms with van der Waals surface area (Å²) >= 11 is 0. The molecular weight excluding hydrogens is 304 g/mol. The van der Waals surface area contributed by atoms with Gasteiger partial charge in [0.05, 0.1) is 0 Å². The molecule has 0 saturated heterocycles. The van der Waals surface area contributed by atoms with Crippen molar-refractivity contribution in [3.63, 3.8) is 0 Å². The lowest BCUT2D eigenvalue weighted by molar-refractivity contribution is 0.102. The summed E-state index contributed by atoms with van der Waals surface area (Å²) in [5.74, 6) is 0.731. The Hall–Kier alpha value is -2.63. The number of allylic oxidation sites excluding steroid dienone is 1. The molecule has 1 aliphatic carbocycles. The molecule has 0 saturated carbocycles. The number of pyridine rings is 1. The molecule has 1 aliphatic rings. The normalized spacial score (nSPS) is 14.1. The van der Waals surface area contributed by atoms with Crippen LogP contribution in [0.15, 0.2) is 40.6 Å². The molecule has 0 bridgehead atoms. The molecule has 0 radical (unpaired) electrons. The minimum atomic E-state index is -0.304. The minimum absolute atomic E-state index is 0.304.